The number of ether oxygens (including phenoxy) is 1. The first-order chi connectivity index (χ1) is 12.2. The fraction of sp³-hybridized carbons (Fsp3) is 0.667. The lowest BCUT2D eigenvalue weighted by Crippen LogP contribution is -2.48. The van der Waals surface area contributed by atoms with Gasteiger partial charge in [-0.2, -0.15) is 0 Å². The Morgan fingerprint density at radius 1 is 1.40 bits per heavy atom. The molecule has 0 amide bonds. The van der Waals surface area contributed by atoms with Crippen LogP contribution in [-0.2, 0) is 22.5 Å². The molecule has 1 saturated heterocycles. The van der Waals surface area contributed by atoms with Crippen molar-refractivity contribution in [1.82, 2.24) is 15.1 Å². The molecule has 0 radical (unpaired) electrons. The highest BCUT2D eigenvalue weighted by molar-refractivity contribution is 7.10. The standard InChI is InChI=1S/C18H28N4O2S/c1-19-18(22-9-3-14(4-10-22)17(23)24-2)20-7-11-21-8-5-16-15(13-21)6-12-25-16/h6,12,14H,3-5,7-11,13H2,1-2H3,(H,19,20). The van der Waals surface area contributed by atoms with Crippen LogP contribution in [0.1, 0.15) is 23.3 Å². The maximum atomic E-state index is 11.6. The lowest BCUT2D eigenvalue weighted by molar-refractivity contribution is -0.146. The number of rotatable bonds is 4. The number of aliphatic imine (C=N–C) groups is 1. The monoisotopic (exact) mass is 364 g/mol. The van der Waals surface area contributed by atoms with E-state index in [0.29, 0.717) is 0 Å². The number of carbonyl (C=O) groups excluding carboxylic acids is 1. The highest BCUT2D eigenvalue weighted by Crippen LogP contribution is 2.23. The summed E-state index contributed by atoms with van der Waals surface area (Å²) in [6.07, 6.45) is 2.84. The molecule has 0 bridgehead atoms. The number of thiophene rings is 1. The van der Waals surface area contributed by atoms with E-state index < -0.39 is 0 Å². The SMILES string of the molecule is CN=C(NCCN1CCc2sccc2C1)N1CCC(C(=O)OC)CC1. The average Bonchev–Trinajstić information content (AvgIpc) is 3.12. The van der Waals surface area contributed by atoms with Gasteiger partial charge in [0.2, 0.25) is 0 Å². The number of likely N-dealkylation sites (tertiary alicyclic amines) is 1. The van der Waals surface area contributed by atoms with Gasteiger partial charge in [0.05, 0.1) is 13.0 Å². The summed E-state index contributed by atoms with van der Waals surface area (Å²) in [6.45, 7) is 5.81. The Hall–Kier alpha value is -1.60. The molecule has 1 N–H and O–H groups in total. The second-order valence-corrected chi connectivity index (χ2v) is 7.65. The Balaban J connectivity index is 1.41. The van der Waals surface area contributed by atoms with Gasteiger partial charge in [0, 0.05) is 51.2 Å². The van der Waals surface area contributed by atoms with E-state index in [2.05, 4.69) is 31.6 Å². The maximum absolute atomic E-state index is 11.6. The highest BCUT2D eigenvalue weighted by Gasteiger charge is 2.27. The second-order valence-electron chi connectivity index (χ2n) is 6.65. The van der Waals surface area contributed by atoms with Crippen molar-refractivity contribution in [1.29, 1.82) is 0 Å². The molecular weight excluding hydrogens is 336 g/mol. The number of hydrogen-bond acceptors (Lipinski definition) is 5. The van der Waals surface area contributed by atoms with Gasteiger partial charge in [0.15, 0.2) is 5.96 Å². The van der Waals surface area contributed by atoms with Crippen LogP contribution in [0.15, 0.2) is 16.4 Å². The van der Waals surface area contributed by atoms with E-state index in [4.69, 9.17) is 4.74 Å². The first kappa shape index (κ1) is 18.2. The van der Waals surface area contributed by atoms with Crippen LogP contribution in [-0.4, -0.2) is 68.6 Å². The van der Waals surface area contributed by atoms with Crippen molar-refractivity contribution in [3.8, 4) is 0 Å². The van der Waals surface area contributed by atoms with Gasteiger partial charge in [-0.15, -0.1) is 11.3 Å². The number of nitrogens with one attached hydrogen (secondary N) is 1. The van der Waals surface area contributed by atoms with Crippen LogP contribution in [0.4, 0.5) is 0 Å². The highest BCUT2D eigenvalue weighted by atomic mass is 32.1. The van der Waals surface area contributed by atoms with E-state index in [1.165, 1.54) is 19.1 Å². The number of esters is 1. The van der Waals surface area contributed by atoms with Crippen LogP contribution in [0.3, 0.4) is 0 Å². The molecule has 2 aliphatic heterocycles. The van der Waals surface area contributed by atoms with Crippen LogP contribution in [0.5, 0.6) is 0 Å². The van der Waals surface area contributed by atoms with Gasteiger partial charge in [-0.25, -0.2) is 0 Å². The Morgan fingerprint density at radius 2 is 2.20 bits per heavy atom. The zero-order valence-corrected chi connectivity index (χ0v) is 16.0. The molecule has 1 aromatic rings. The number of piperidine rings is 1. The molecule has 1 fully saturated rings. The van der Waals surface area contributed by atoms with Crippen molar-refractivity contribution in [3.63, 3.8) is 0 Å². The Labute approximate surface area is 153 Å². The normalized spacial score (nSPS) is 19.6. The van der Waals surface area contributed by atoms with Gasteiger partial charge in [0.1, 0.15) is 0 Å². The smallest absolute Gasteiger partial charge is 0.308 e. The number of nitrogens with zero attached hydrogens (tertiary/aromatic N) is 3. The fourth-order valence-corrected chi connectivity index (χ4v) is 4.54. The number of methoxy groups -OCH3 is 1. The summed E-state index contributed by atoms with van der Waals surface area (Å²) in [5.41, 5.74) is 1.49. The van der Waals surface area contributed by atoms with Crippen molar-refractivity contribution in [2.75, 3.05) is 46.9 Å². The molecule has 0 unspecified atom stereocenters. The molecule has 0 aromatic carbocycles. The Morgan fingerprint density at radius 3 is 2.92 bits per heavy atom. The van der Waals surface area contributed by atoms with Crippen molar-refractivity contribution < 1.29 is 9.53 Å². The van der Waals surface area contributed by atoms with Gasteiger partial charge in [-0.3, -0.25) is 14.7 Å². The van der Waals surface area contributed by atoms with Crippen LogP contribution >= 0.6 is 11.3 Å². The molecule has 1 aromatic heterocycles. The van der Waals surface area contributed by atoms with Crippen LogP contribution in [0.2, 0.25) is 0 Å². The summed E-state index contributed by atoms with van der Waals surface area (Å²) in [7, 11) is 3.29. The molecule has 3 rings (SSSR count). The summed E-state index contributed by atoms with van der Waals surface area (Å²) in [5.74, 6) is 0.893. The molecule has 0 aliphatic carbocycles. The third kappa shape index (κ3) is 4.52. The summed E-state index contributed by atoms with van der Waals surface area (Å²) in [5, 5.41) is 5.68. The van der Waals surface area contributed by atoms with Gasteiger partial charge in [-0.1, -0.05) is 0 Å². The summed E-state index contributed by atoms with van der Waals surface area (Å²) < 4.78 is 4.85. The van der Waals surface area contributed by atoms with Gasteiger partial charge in [-0.05, 0) is 36.3 Å². The minimum Gasteiger partial charge on any atom is -0.469 e. The average molecular weight is 365 g/mol. The van der Waals surface area contributed by atoms with Crippen LogP contribution < -0.4 is 5.32 Å². The van der Waals surface area contributed by atoms with E-state index in [1.54, 1.807) is 4.88 Å². The van der Waals surface area contributed by atoms with Crippen molar-refractivity contribution in [2.45, 2.75) is 25.8 Å². The van der Waals surface area contributed by atoms with Crippen LogP contribution in [0.25, 0.3) is 0 Å². The minimum absolute atomic E-state index is 0.0347. The lowest BCUT2D eigenvalue weighted by atomic mass is 9.97. The molecule has 0 spiro atoms. The predicted octanol–water partition coefficient (Wildman–Crippen LogP) is 1.57. The van der Waals surface area contributed by atoms with E-state index in [-0.39, 0.29) is 11.9 Å². The molecule has 138 valence electrons. The van der Waals surface area contributed by atoms with E-state index in [1.807, 2.05) is 18.4 Å². The Kier molecular flexibility index (Phi) is 6.31. The first-order valence-electron chi connectivity index (χ1n) is 9.02. The Bertz CT molecular complexity index is 608. The molecule has 25 heavy (non-hydrogen) atoms. The summed E-state index contributed by atoms with van der Waals surface area (Å²) in [4.78, 5) is 22.3. The topological polar surface area (TPSA) is 57.2 Å². The molecule has 3 heterocycles. The number of hydrogen-bond donors (Lipinski definition) is 1. The molecular formula is C18H28N4O2S. The third-order valence-corrected chi connectivity index (χ3v) is 6.16. The summed E-state index contributed by atoms with van der Waals surface area (Å²) in [6, 6.07) is 2.25. The van der Waals surface area contributed by atoms with Gasteiger partial charge in [0.25, 0.3) is 0 Å². The number of guanidine groups is 1. The quantitative estimate of drug-likeness (QED) is 0.499. The minimum atomic E-state index is -0.0829. The van der Waals surface area contributed by atoms with Crippen molar-refractivity contribution in [2.24, 2.45) is 10.9 Å². The van der Waals surface area contributed by atoms with E-state index in [0.717, 1.165) is 58.1 Å². The molecule has 7 heteroatoms. The molecule has 2 aliphatic rings. The zero-order valence-electron chi connectivity index (χ0n) is 15.2. The lowest BCUT2D eigenvalue weighted by Gasteiger charge is -2.33. The number of fused-ring (bicyclic) bond motifs is 1. The summed E-state index contributed by atoms with van der Waals surface area (Å²) >= 11 is 1.88. The number of carbonyl (C=O) groups is 1. The molecule has 0 saturated carbocycles. The fourth-order valence-electron chi connectivity index (χ4n) is 3.65. The van der Waals surface area contributed by atoms with Gasteiger partial charge >= 0.3 is 5.97 Å². The van der Waals surface area contributed by atoms with Crippen LogP contribution in [0, 0.1) is 5.92 Å². The largest absolute Gasteiger partial charge is 0.469 e. The predicted molar refractivity (Wildman–Crippen MR) is 101 cm³/mol. The van der Waals surface area contributed by atoms with E-state index in [9.17, 15) is 4.79 Å². The maximum Gasteiger partial charge on any atom is 0.308 e. The van der Waals surface area contributed by atoms with Crippen molar-refractivity contribution in [3.05, 3.63) is 21.9 Å². The third-order valence-electron chi connectivity index (χ3n) is 5.14. The molecule has 6 nitrogen and oxygen atoms in total. The van der Waals surface area contributed by atoms with E-state index >= 15 is 0 Å². The van der Waals surface area contributed by atoms with Crippen molar-refractivity contribution >= 4 is 23.3 Å². The zero-order chi connectivity index (χ0) is 17.6. The second kappa shape index (κ2) is 8.67. The first-order valence-corrected chi connectivity index (χ1v) is 9.90. The van der Waals surface area contributed by atoms with Gasteiger partial charge < -0.3 is 15.0 Å². The molecule has 0 atom stereocenters.